The van der Waals surface area contributed by atoms with E-state index >= 15 is 0 Å². The van der Waals surface area contributed by atoms with Crippen LogP contribution in [-0.4, -0.2) is 0 Å². The second-order valence-corrected chi connectivity index (χ2v) is 11.5. The molecule has 1 heterocycles. The quantitative estimate of drug-likeness (QED) is 0.175. The largest absolute Gasteiger partial charge is 0.455 e. The van der Waals surface area contributed by atoms with Gasteiger partial charge in [-0.25, -0.2) is 0 Å². The average molecular weight is 640 g/mol. The highest BCUT2D eigenvalue weighted by atomic mass is 16.3. The predicted molar refractivity (Wildman–Crippen MR) is 208 cm³/mol. The van der Waals surface area contributed by atoms with Crippen LogP contribution < -0.4 is 0 Å². The summed E-state index contributed by atoms with van der Waals surface area (Å²) in [7, 11) is 0. The third-order valence-corrected chi connectivity index (χ3v) is 8.68. The lowest BCUT2D eigenvalue weighted by molar-refractivity contribution is 0.670. The van der Waals surface area contributed by atoms with E-state index in [9.17, 15) is 9.60 Å². The van der Waals surface area contributed by atoms with E-state index in [1.54, 1.807) is 0 Å². The highest BCUT2D eigenvalue weighted by Crippen LogP contribution is 2.44. The van der Waals surface area contributed by atoms with Gasteiger partial charge in [0.15, 0.2) is 0 Å². The van der Waals surface area contributed by atoms with Crippen molar-refractivity contribution in [1.29, 1.82) is 0 Å². The third kappa shape index (κ3) is 4.47. The molecule has 9 aromatic carbocycles. The van der Waals surface area contributed by atoms with Gasteiger partial charge in [0.1, 0.15) is 11.2 Å². The Morgan fingerprint density at radius 3 is 1.65 bits per heavy atom. The maximum atomic E-state index is 9.71. The third-order valence-electron chi connectivity index (χ3n) is 8.68. The van der Waals surface area contributed by atoms with E-state index in [4.69, 9.17) is 18.1 Å². The van der Waals surface area contributed by atoms with E-state index in [0.717, 1.165) is 21.9 Å². The van der Waals surface area contributed by atoms with E-state index in [1.807, 2.05) is 78.9 Å². The molecule has 0 atom stereocenters. The lowest BCUT2D eigenvalue weighted by atomic mass is 9.85. The van der Waals surface area contributed by atoms with Crippen molar-refractivity contribution in [2.24, 2.45) is 0 Å². The number of benzene rings is 9. The van der Waals surface area contributed by atoms with Crippen molar-refractivity contribution >= 4 is 54.3 Å². The summed E-state index contributed by atoms with van der Waals surface area (Å²) in [6.45, 7) is 0. The van der Waals surface area contributed by atoms with Crippen molar-refractivity contribution in [2.75, 3.05) is 0 Å². The Balaban J connectivity index is 1.30. The van der Waals surface area contributed by atoms with E-state index in [2.05, 4.69) is 0 Å². The number of para-hydroxylation sites is 1. The highest BCUT2D eigenvalue weighted by molar-refractivity contribution is 6.21. The first-order chi connectivity index (χ1) is 31.4. The van der Waals surface area contributed by atoms with Crippen LogP contribution in [0.4, 0.5) is 0 Å². The second kappa shape index (κ2) is 11.1. The van der Waals surface area contributed by atoms with Crippen molar-refractivity contribution < 1.29 is 27.7 Å². The number of hydrogen-bond acceptors (Lipinski definition) is 1. The molecular formula is C48H30O. The van der Waals surface area contributed by atoms with Crippen molar-refractivity contribution in [1.82, 2.24) is 0 Å². The van der Waals surface area contributed by atoms with Crippen molar-refractivity contribution in [3.63, 3.8) is 0 Å². The first-order valence-electron chi connectivity index (χ1n) is 24.0. The summed E-state index contributed by atoms with van der Waals surface area (Å²) in [5, 5.41) is 1.52. The molecule has 0 N–H and O–H groups in total. The van der Waals surface area contributed by atoms with Crippen LogP contribution in [0.25, 0.3) is 98.8 Å². The molecule has 0 amide bonds. The topological polar surface area (TPSA) is 13.1 Å². The van der Waals surface area contributed by atoms with Crippen molar-refractivity contribution in [2.45, 2.75) is 0 Å². The molecule has 228 valence electrons. The fraction of sp³-hybridized carbons (Fsp3) is 0. The van der Waals surface area contributed by atoms with Gasteiger partial charge in [0.05, 0.1) is 23.3 Å². The molecule has 0 bridgehead atoms. The SMILES string of the molecule is [2H]c1c([2H])c([2H])c(-c2c([2H])c([2H])c3oc4c(-c5c([2H])c([2H])c6c([2H])c(-c7c8ccccc8c(-c8ccccc8)c8ccccc78)c([2H])c([2H])c6c5[2H])c([2H])c([2H])c([2H])c4c3c2[2H])c([2H])c1[2H]. The van der Waals surface area contributed by atoms with Gasteiger partial charge < -0.3 is 4.42 Å². The fourth-order valence-electron chi connectivity index (χ4n) is 6.54. The van der Waals surface area contributed by atoms with Crippen LogP contribution in [0.3, 0.4) is 0 Å². The van der Waals surface area contributed by atoms with E-state index < -0.39 is 136 Å². The predicted octanol–water partition coefficient (Wildman–Crippen LogP) is 13.7. The van der Waals surface area contributed by atoms with Gasteiger partial charge in [0.2, 0.25) is 0 Å². The first-order valence-corrected chi connectivity index (χ1v) is 15.5. The van der Waals surface area contributed by atoms with Crippen LogP contribution in [0.2, 0.25) is 0 Å². The Morgan fingerprint density at radius 2 is 0.959 bits per heavy atom. The summed E-state index contributed by atoms with van der Waals surface area (Å²) in [5.41, 5.74) is -0.793. The molecule has 0 aliphatic rings. The van der Waals surface area contributed by atoms with Crippen LogP contribution in [-0.2, 0) is 0 Å². The van der Waals surface area contributed by atoms with Gasteiger partial charge >= 0.3 is 0 Å². The minimum Gasteiger partial charge on any atom is -0.455 e. The van der Waals surface area contributed by atoms with Gasteiger partial charge in [-0.2, -0.15) is 0 Å². The number of rotatable bonds is 4. The van der Waals surface area contributed by atoms with Gasteiger partial charge in [0.25, 0.3) is 0 Å². The Hall–Kier alpha value is -6.44. The zero-order valence-corrected chi connectivity index (χ0v) is 25.4. The summed E-state index contributed by atoms with van der Waals surface area (Å²) in [5.74, 6) is 0. The Morgan fingerprint density at radius 1 is 0.367 bits per heavy atom. The lowest BCUT2D eigenvalue weighted by Gasteiger charge is -2.18. The van der Waals surface area contributed by atoms with Gasteiger partial charge in [-0.3, -0.25) is 0 Å². The minimum atomic E-state index is -0.780. The lowest BCUT2D eigenvalue weighted by Crippen LogP contribution is -1.90. The molecular weight excluding hydrogens is 593 g/mol. The maximum Gasteiger partial charge on any atom is 0.143 e. The summed E-state index contributed by atoms with van der Waals surface area (Å²) in [6.07, 6.45) is 0. The molecule has 10 aromatic rings. The number of furan rings is 1. The number of fused-ring (bicyclic) bond motifs is 6. The first kappa shape index (κ1) is 15.6. The molecule has 0 aliphatic heterocycles. The van der Waals surface area contributed by atoms with Gasteiger partial charge in [-0.05, 0) is 95.4 Å². The zero-order valence-electron chi connectivity index (χ0n) is 42.4. The minimum absolute atomic E-state index is 0.000475. The van der Waals surface area contributed by atoms with E-state index in [1.165, 1.54) is 0 Å². The molecule has 0 fully saturated rings. The van der Waals surface area contributed by atoms with Crippen LogP contribution >= 0.6 is 0 Å². The molecule has 0 unspecified atom stereocenters. The Bertz CT molecular complexity index is 3760. The standard InChI is InChI=1S/C48H30O/c1-3-12-31(13-4-1)35-26-27-45-44(30-35)43-21-11-20-38(48(43)49-45)36-24-22-34-29-37(25-23-33(34)28-36)47-41-18-9-7-16-39(41)46(32-14-5-2-6-15-32)40-17-8-10-19-42(40)47/h1-30H/i1D,3D,4D,11D,12D,13D,20D,21D,22D,23D,24D,25D,26D,27D,28D,29D,30D. The van der Waals surface area contributed by atoms with Gasteiger partial charge in [-0.1, -0.05) is 157 Å². The monoisotopic (exact) mass is 639 g/mol. The Labute approximate surface area is 308 Å². The summed E-state index contributed by atoms with van der Waals surface area (Å²) < 4.78 is 159. The molecule has 0 saturated carbocycles. The molecule has 0 aliphatic carbocycles. The van der Waals surface area contributed by atoms with Gasteiger partial charge in [-0.15, -0.1) is 0 Å². The molecule has 10 rings (SSSR count). The van der Waals surface area contributed by atoms with Crippen LogP contribution in [0, 0.1) is 0 Å². The zero-order chi connectivity index (χ0) is 47.1. The van der Waals surface area contributed by atoms with Gasteiger partial charge in [0, 0.05) is 16.3 Å². The molecule has 49 heavy (non-hydrogen) atoms. The van der Waals surface area contributed by atoms with Crippen molar-refractivity contribution in [3.8, 4) is 44.5 Å². The summed E-state index contributed by atoms with van der Waals surface area (Å²) in [4.78, 5) is 0. The molecule has 0 spiro atoms. The fourth-order valence-corrected chi connectivity index (χ4v) is 6.54. The van der Waals surface area contributed by atoms with Crippen LogP contribution in [0.15, 0.2) is 186 Å². The normalized spacial score (nSPS) is 16.5. The molecule has 1 nitrogen and oxygen atoms in total. The van der Waals surface area contributed by atoms with Crippen molar-refractivity contribution in [3.05, 3.63) is 182 Å². The maximum absolute atomic E-state index is 9.71. The molecule has 0 saturated heterocycles. The summed E-state index contributed by atoms with van der Waals surface area (Å²) >= 11 is 0. The van der Waals surface area contributed by atoms with Crippen LogP contribution in [0.5, 0.6) is 0 Å². The highest BCUT2D eigenvalue weighted by Gasteiger charge is 2.17. The second-order valence-electron chi connectivity index (χ2n) is 11.5. The smallest absolute Gasteiger partial charge is 0.143 e. The molecule has 1 aromatic heterocycles. The Kier molecular flexibility index (Phi) is 3.54. The average Bonchev–Trinajstić information content (AvgIpc) is 3.72. The number of hydrogen-bond donors (Lipinski definition) is 0. The van der Waals surface area contributed by atoms with E-state index in [-0.39, 0.29) is 27.1 Å². The molecule has 0 radical (unpaired) electrons. The van der Waals surface area contributed by atoms with Crippen LogP contribution in [0.1, 0.15) is 23.3 Å². The molecule has 1 heteroatoms. The van der Waals surface area contributed by atoms with E-state index in [0.29, 0.717) is 16.3 Å². The summed E-state index contributed by atoms with van der Waals surface area (Å²) in [6, 6.07) is 13.2.